The number of benzene rings is 1. The predicted octanol–water partition coefficient (Wildman–Crippen LogP) is 3.00. The summed E-state index contributed by atoms with van der Waals surface area (Å²) < 4.78 is 0. The molecule has 2 rings (SSSR count). The minimum absolute atomic E-state index is 0.778. The highest BCUT2D eigenvalue weighted by atomic mass is 16.6. The molecule has 0 radical (unpaired) electrons. The minimum Gasteiger partial charge on any atom is -0.305 e. The smallest absolute Gasteiger partial charge is 0.0572 e. The fourth-order valence-electron chi connectivity index (χ4n) is 2.48. The molecule has 1 aliphatic carbocycles. The molecule has 1 saturated carbocycles. The first-order valence-corrected chi connectivity index (χ1v) is 5.75. The zero-order valence-corrected chi connectivity index (χ0v) is 9.33. The van der Waals surface area contributed by atoms with Crippen LogP contribution in [0.1, 0.15) is 42.7 Å². The Morgan fingerprint density at radius 3 is 2.73 bits per heavy atom. The zero-order valence-electron chi connectivity index (χ0n) is 9.33. The molecule has 0 heterocycles. The maximum absolute atomic E-state index is 4.91. The van der Waals surface area contributed by atoms with E-state index in [0.29, 0.717) is 0 Å². The maximum atomic E-state index is 4.91. The maximum Gasteiger partial charge on any atom is 0.0572 e. The van der Waals surface area contributed by atoms with Crippen molar-refractivity contribution in [1.82, 2.24) is 5.48 Å². The molecular formula is C13H19NO. The second-order valence-electron chi connectivity index (χ2n) is 4.21. The molecule has 0 saturated heterocycles. The van der Waals surface area contributed by atoms with Crippen LogP contribution in [0.2, 0.25) is 0 Å². The number of hydrogen-bond acceptors (Lipinski definition) is 2. The Morgan fingerprint density at radius 1 is 1.27 bits per heavy atom. The van der Waals surface area contributed by atoms with Crippen LogP contribution in [0.3, 0.4) is 0 Å². The first kappa shape index (κ1) is 10.7. The van der Waals surface area contributed by atoms with Crippen LogP contribution >= 0.6 is 0 Å². The van der Waals surface area contributed by atoms with Crippen molar-refractivity contribution >= 4 is 0 Å². The highest BCUT2D eigenvalue weighted by Gasteiger charge is 2.18. The van der Waals surface area contributed by atoms with Crippen molar-refractivity contribution in [3.8, 4) is 0 Å². The van der Waals surface area contributed by atoms with Crippen molar-refractivity contribution in [2.24, 2.45) is 0 Å². The van der Waals surface area contributed by atoms with Crippen molar-refractivity contribution in [3.05, 3.63) is 35.4 Å². The van der Waals surface area contributed by atoms with Gasteiger partial charge in [0.2, 0.25) is 0 Å². The Balaban J connectivity index is 2.13. The molecule has 1 aromatic carbocycles. The minimum atomic E-state index is 0.778. The van der Waals surface area contributed by atoms with E-state index in [9.17, 15) is 0 Å². The third kappa shape index (κ3) is 2.58. The quantitative estimate of drug-likeness (QED) is 0.763. The van der Waals surface area contributed by atoms with Gasteiger partial charge in [-0.25, -0.2) is 0 Å². The van der Waals surface area contributed by atoms with Gasteiger partial charge in [0.05, 0.1) is 7.11 Å². The summed E-state index contributed by atoms with van der Waals surface area (Å²) in [6.07, 6.45) is 5.47. The summed E-state index contributed by atoms with van der Waals surface area (Å²) in [5.41, 5.74) is 5.82. The van der Waals surface area contributed by atoms with Crippen LogP contribution in [0.4, 0.5) is 0 Å². The van der Waals surface area contributed by atoms with Gasteiger partial charge in [0.15, 0.2) is 0 Å². The molecule has 1 aliphatic rings. The third-order valence-corrected chi connectivity index (χ3v) is 3.26. The molecule has 0 amide bonds. The van der Waals surface area contributed by atoms with Crippen LogP contribution < -0.4 is 5.48 Å². The van der Waals surface area contributed by atoms with Crippen LogP contribution in [-0.2, 0) is 11.4 Å². The molecule has 0 spiro atoms. The standard InChI is InChI=1S/C13H19NO/c1-15-14-10-12-8-4-5-9-13(12)11-6-2-3-7-11/h4-5,8-9,11,14H,2-3,6-7,10H2,1H3. The summed E-state index contributed by atoms with van der Waals surface area (Å²) in [5.74, 6) is 0.778. The Bertz CT molecular complexity index is 305. The van der Waals surface area contributed by atoms with E-state index in [1.54, 1.807) is 7.11 Å². The Labute approximate surface area is 91.6 Å². The third-order valence-electron chi connectivity index (χ3n) is 3.26. The number of hydroxylamine groups is 1. The van der Waals surface area contributed by atoms with Crippen LogP contribution in [0.15, 0.2) is 24.3 Å². The lowest BCUT2D eigenvalue weighted by Gasteiger charge is -2.15. The average Bonchev–Trinajstić information content (AvgIpc) is 2.80. The largest absolute Gasteiger partial charge is 0.305 e. The molecule has 2 heteroatoms. The molecule has 0 unspecified atom stereocenters. The summed E-state index contributed by atoms with van der Waals surface area (Å²) >= 11 is 0. The van der Waals surface area contributed by atoms with E-state index < -0.39 is 0 Å². The first-order valence-electron chi connectivity index (χ1n) is 5.75. The predicted molar refractivity (Wildman–Crippen MR) is 61.5 cm³/mol. The molecule has 0 aromatic heterocycles. The average molecular weight is 205 g/mol. The molecule has 2 nitrogen and oxygen atoms in total. The lowest BCUT2D eigenvalue weighted by molar-refractivity contribution is 0.0864. The van der Waals surface area contributed by atoms with Crippen LogP contribution in [0, 0.1) is 0 Å². The second-order valence-corrected chi connectivity index (χ2v) is 4.21. The van der Waals surface area contributed by atoms with Crippen LogP contribution in [-0.4, -0.2) is 7.11 Å². The number of nitrogens with one attached hydrogen (secondary N) is 1. The Kier molecular flexibility index (Phi) is 3.75. The van der Waals surface area contributed by atoms with Crippen molar-refractivity contribution in [1.29, 1.82) is 0 Å². The van der Waals surface area contributed by atoms with E-state index in [0.717, 1.165) is 12.5 Å². The van der Waals surface area contributed by atoms with Crippen molar-refractivity contribution < 1.29 is 4.84 Å². The molecule has 1 aromatic rings. The molecule has 1 fully saturated rings. The van der Waals surface area contributed by atoms with Crippen molar-refractivity contribution in [3.63, 3.8) is 0 Å². The first-order chi connectivity index (χ1) is 7.42. The van der Waals surface area contributed by atoms with E-state index in [4.69, 9.17) is 4.84 Å². The Morgan fingerprint density at radius 2 is 2.00 bits per heavy atom. The monoisotopic (exact) mass is 205 g/mol. The Hall–Kier alpha value is -0.860. The molecule has 0 atom stereocenters. The van der Waals surface area contributed by atoms with Gasteiger partial charge >= 0.3 is 0 Å². The van der Waals surface area contributed by atoms with Gasteiger partial charge in [0, 0.05) is 6.54 Å². The van der Waals surface area contributed by atoms with Crippen LogP contribution in [0.25, 0.3) is 0 Å². The van der Waals surface area contributed by atoms with E-state index in [-0.39, 0.29) is 0 Å². The van der Waals surface area contributed by atoms with E-state index in [1.807, 2.05) is 0 Å². The topological polar surface area (TPSA) is 21.3 Å². The normalized spacial score (nSPS) is 17.1. The van der Waals surface area contributed by atoms with E-state index >= 15 is 0 Å². The summed E-state index contributed by atoms with van der Waals surface area (Å²) in [4.78, 5) is 4.91. The second kappa shape index (κ2) is 5.29. The lowest BCUT2D eigenvalue weighted by atomic mass is 9.93. The fourth-order valence-corrected chi connectivity index (χ4v) is 2.48. The van der Waals surface area contributed by atoms with Crippen molar-refractivity contribution in [2.75, 3.05) is 7.11 Å². The highest BCUT2D eigenvalue weighted by Crippen LogP contribution is 2.35. The molecule has 82 valence electrons. The van der Waals surface area contributed by atoms with Gasteiger partial charge < -0.3 is 4.84 Å². The van der Waals surface area contributed by atoms with Gasteiger partial charge in [-0.05, 0) is 29.9 Å². The number of hydrogen-bond donors (Lipinski definition) is 1. The van der Waals surface area contributed by atoms with E-state index in [1.165, 1.54) is 36.8 Å². The summed E-state index contributed by atoms with van der Waals surface area (Å²) in [6, 6.07) is 8.71. The SMILES string of the molecule is CONCc1ccccc1C1CCCC1. The molecule has 1 N–H and O–H groups in total. The molecule has 0 aliphatic heterocycles. The van der Waals surface area contributed by atoms with Gasteiger partial charge in [-0.2, -0.15) is 5.48 Å². The molecule has 0 bridgehead atoms. The van der Waals surface area contributed by atoms with Crippen LogP contribution in [0.5, 0.6) is 0 Å². The van der Waals surface area contributed by atoms with E-state index in [2.05, 4.69) is 29.7 Å². The van der Waals surface area contributed by atoms with Gasteiger partial charge in [-0.3, -0.25) is 0 Å². The molecular weight excluding hydrogens is 186 g/mol. The highest BCUT2D eigenvalue weighted by molar-refractivity contribution is 5.30. The van der Waals surface area contributed by atoms with Gasteiger partial charge in [0.1, 0.15) is 0 Å². The summed E-state index contributed by atoms with van der Waals surface area (Å²) in [6.45, 7) is 0.809. The van der Waals surface area contributed by atoms with Gasteiger partial charge in [0.25, 0.3) is 0 Å². The molecule has 15 heavy (non-hydrogen) atoms. The summed E-state index contributed by atoms with van der Waals surface area (Å²) in [7, 11) is 1.66. The van der Waals surface area contributed by atoms with Gasteiger partial charge in [-0.1, -0.05) is 37.1 Å². The fraction of sp³-hybridized carbons (Fsp3) is 0.538. The summed E-state index contributed by atoms with van der Waals surface area (Å²) in [5, 5.41) is 0. The van der Waals surface area contributed by atoms with Gasteiger partial charge in [-0.15, -0.1) is 0 Å². The lowest BCUT2D eigenvalue weighted by Crippen LogP contribution is -2.13. The zero-order chi connectivity index (χ0) is 10.5. The van der Waals surface area contributed by atoms with Crippen molar-refractivity contribution in [2.45, 2.75) is 38.1 Å². The number of rotatable bonds is 4.